The number of aryl methyl sites for hydroxylation is 1. The van der Waals surface area contributed by atoms with Crippen molar-refractivity contribution in [3.05, 3.63) is 57.5 Å². The Balaban J connectivity index is 1.84. The van der Waals surface area contributed by atoms with Gasteiger partial charge in [-0.15, -0.1) is 0 Å². The van der Waals surface area contributed by atoms with Crippen LogP contribution >= 0.6 is 23.4 Å². The van der Waals surface area contributed by atoms with Crippen LogP contribution in [0.2, 0.25) is 5.02 Å². The van der Waals surface area contributed by atoms with Crippen molar-refractivity contribution in [1.82, 2.24) is 5.32 Å². The molecule has 5 nitrogen and oxygen atoms in total. The minimum absolute atomic E-state index is 0.197. The van der Waals surface area contributed by atoms with E-state index in [2.05, 4.69) is 10.3 Å². The molecule has 28 heavy (non-hydrogen) atoms. The third kappa shape index (κ3) is 4.88. The zero-order chi connectivity index (χ0) is 20.1. The SMILES string of the molecule is CCCOc1c(Cl)cc(/C=C2\SC(=Nc3ccc(C)cc3)NC2=O)cc1OC. The molecular weight excluding hydrogens is 396 g/mol. The van der Waals surface area contributed by atoms with Crippen LogP contribution in [-0.4, -0.2) is 24.8 Å². The number of rotatable bonds is 6. The fourth-order valence-corrected chi connectivity index (χ4v) is 3.65. The zero-order valence-corrected chi connectivity index (χ0v) is 17.5. The van der Waals surface area contributed by atoms with E-state index in [1.807, 2.05) is 38.1 Å². The van der Waals surface area contributed by atoms with Crippen LogP contribution in [0, 0.1) is 6.92 Å². The number of carbonyl (C=O) groups excluding carboxylic acids is 1. The number of thioether (sulfide) groups is 1. The van der Waals surface area contributed by atoms with Gasteiger partial charge in [0.05, 0.1) is 29.3 Å². The second kappa shape index (κ2) is 9.17. The monoisotopic (exact) mass is 416 g/mol. The molecule has 0 aliphatic carbocycles. The topological polar surface area (TPSA) is 59.9 Å². The van der Waals surface area contributed by atoms with Crippen LogP contribution < -0.4 is 14.8 Å². The molecule has 1 N–H and O–H groups in total. The third-order valence-electron chi connectivity index (χ3n) is 3.92. The number of hydrogen-bond acceptors (Lipinski definition) is 5. The van der Waals surface area contributed by atoms with Crippen molar-refractivity contribution >= 4 is 46.2 Å². The van der Waals surface area contributed by atoms with E-state index in [4.69, 9.17) is 21.1 Å². The minimum Gasteiger partial charge on any atom is -0.493 e. The number of ether oxygens (including phenoxy) is 2. The van der Waals surface area contributed by atoms with Crippen molar-refractivity contribution in [1.29, 1.82) is 0 Å². The van der Waals surface area contributed by atoms with Gasteiger partial charge in [0.15, 0.2) is 16.7 Å². The van der Waals surface area contributed by atoms with E-state index in [-0.39, 0.29) is 5.91 Å². The smallest absolute Gasteiger partial charge is 0.264 e. The van der Waals surface area contributed by atoms with Gasteiger partial charge in [-0.3, -0.25) is 4.79 Å². The Morgan fingerprint density at radius 2 is 2.00 bits per heavy atom. The van der Waals surface area contributed by atoms with Gasteiger partial charge in [0.2, 0.25) is 0 Å². The zero-order valence-electron chi connectivity index (χ0n) is 15.9. The molecule has 1 aliphatic heterocycles. The Labute approximate surface area is 173 Å². The second-order valence-corrected chi connectivity index (χ2v) is 7.64. The summed E-state index contributed by atoms with van der Waals surface area (Å²) >= 11 is 7.64. The van der Waals surface area contributed by atoms with E-state index in [0.717, 1.165) is 23.2 Å². The van der Waals surface area contributed by atoms with Crippen molar-refractivity contribution in [3.8, 4) is 11.5 Å². The summed E-state index contributed by atoms with van der Waals surface area (Å²) in [5.74, 6) is 0.848. The molecule has 0 spiro atoms. The van der Waals surface area contributed by atoms with Gasteiger partial charge < -0.3 is 14.8 Å². The lowest BCUT2D eigenvalue weighted by atomic mass is 10.2. The molecule has 0 aromatic heterocycles. The average molecular weight is 417 g/mol. The summed E-state index contributed by atoms with van der Waals surface area (Å²) < 4.78 is 11.1. The highest BCUT2D eigenvalue weighted by Crippen LogP contribution is 2.38. The van der Waals surface area contributed by atoms with Gasteiger partial charge >= 0.3 is 0 Å². The number of methoxy groups -OCH3 is 1. The summed E-state index contributed by atoms with van der Waals surface area (Å²) in [5, 5.41) is 3.77. The Kier molecular flexibility index (Phi) is 6.65. The normalized spacial score (nSPS) is 16.5. The number of amides is 1. The lowest BCUT2D eigenvalue weighted by Gasteiger charge is -2.12. The quantitative estimate of drug-likeness (QED) is 0.646. The van der Waals surface area contributed by atoms with Gasteiger partial charge in [0.25, 0.3) is 5.91 Å². The van der Waals surface area contributed by atoms with Crippen molar-refractivity contribution in [2.24, 2.45) is 4.99 Å². The number of hydrogen-bond donors (Lipinski definition) is 1. The highest BCUT2D eigenvalue weighted by Gasteiger charge is 2.24. The number of nitrogens with one attached hydrogen (secondary N) is 1. The van der Waals surface area contributed by atoms with Gasteiger partial charge in [-0.25, -0.2) is 4.99 Å². The largest absolute Gasteiger partial charge is 0.493 e. The summed E-state index contributed by atoms with van der Waals surface area (Å²) in [5.41, 5.74) is 2.70. The summed E-state index contributed by atoms with van der Waals surface area (Å²) in [7, 11) is 1.56. The predicted molar refractivity (Wildman–Crippen MR) is 116 cm³/mol. The highest BCUT2D eigenvalue weighted by atomic mass is 35.5. The van der Waals surface area contributed by atoms with Gasteiger partial charge in [0, 0.05) is 0 Å². The molecule has 0 saturated carbocycles. The molecule has 1 fully saturated rings. The van der Waals surface area contributed by atoms with Crippen LogP contribution in [0.1, 0.15) is 24.5 Å². The molecule has 1 heterocycles. The molecule has 0 bridgehead atoms. The number of halogens is 1. The summed E-state index contributed by atoms with van der Waals surface area (Å²) in [6, 6.07) is 11.3. The standard InChI is InChI=1S/C21H21ClN2O3S/c1-4-9-27-19-16(22)10-14(11-17(19)26-3)12-18-20(25)24-21(28-18)23-15-7-5-13(2)6-8-15/h5-8,10-12H,4,9H2,1-3H3,(H,23,24,25)/b18-12-. The molecule has 0 atom stereocenters. The molecule has 146 valence electrons. The summed E-state index contributed by atoms with van der Waals surface area (Å²) in [6.07, 6.45) is 2.63. The summed E-state index contributed by atoms with van der Waals surface area (Å²) in [6.45, 7) is 4.58. The number of carbonyl (C=O) groups is 1. The Morgan fingerprint density at radius 3 is 2.68 bits per heavy atom. The highest BCUT2D eigenvalue weighted by molar-refractivity contribution is 8.18. The van der Waals surface area contributed by atoms with Crippen molar-refractivity contribution in [3.63, 3.8) is 0 Å². The first kappa shape index (κ1) is 20.3. The van der Waals surface area contributed by atoms with Crippen LogP contribution in [0.5, 0.6) is 11.5 Å². The van der Waals surface area contributed by atoms with Crippen molar-refractivity contribution < 1.29 is 14.3 Å². The van der Waals surface area contributed by atoms with Crippen LogP contribution in [-0.2, 0) is 4.79 Å². The molecule has 2 aromatic carbocycles. The lowest BCUT2D eigenvalue weighted by molar-refractivity contribution is -0.115. The van der Waals surface area contributed by atoms with Crippen LogP contribution in [0.15, 0.2) is 46.3 Å². The molecule has 1 saturated heterocycles. The van der Waals surface area contributed by atoms with Crippen molar-refractivity contribution in [2.75, 3.05) is 13.7 Å². The Morgan fingerprint density at radius 1 is 1.25 bits per heavy atom. The van der Waals surface area contributed by atoms with Crippen LogP contribution in [0.25, 0.3) is 6.08 Å². The first-order chi connectivity index (χ1) is 13.5. The Bertz CT molecular complexity index is 939. The van der Waals surface area contributed by atoms with E-state index >= 15 is 0 Å². The molecule has 7 heteroatoms. The number of nitrogens with zero attached hydrogens (tertiary/aromatic N) is 1. The fourth-order valence-electron chi connectivity index (χ4n) is 2.54. The van der Waals surface area contributed by atoms with Gasteiger partial charge in [-0.05, 0) is 61.0 Å². The average Bonchev–Trinajstić information content (AvgIpc) is 3.01. The van der Waals surface area contributed by atoms with Gasteiger partial charge in [0.1, 0.15) is 0 Å². The van der Waals surface area contributed by atoms with Gasteiger partial charge in [-0.2, -0.15) is 0 Å². The van der Waals surface area contributed by atoms with E-state index < -0.39 is 0 Å². The van der Waals surface area contributed by atoms with Crippen molar-refractivity contribution in [2.45, 2.75) is 20.3 Å². The van der Waals surface area contributed by atoms with E-state index in [1.165, 1.54) is 11.8 Å². The molecule has 0 unspecified atom stereocenters. The molecular formula is C21H21ClN2O3S. The molecule has 3 rings (SSSR count). The van der Waals surface area contributed by atoms with E-state index in [9.17, 15) is 4.79 Å². The number of aliphatic imine (C=N–C) groups is 1. The second-order valence-electron chi connectivity index (χ2n) is 6.20. The van der Waals surface area contributed by atoms with Gasteiger partial charge in [-0.1, -0.05) is 36.2 Å². The fraction of sp³-hybridized carbons (Fsp3) is 0.238. The molecule has 2 aromatic rings. The maximum atomic E-state index is 12.3. The lowest BCUT2D eigenvalue weighted by Crippen LogP contribution is -2.19. The van der Waals surface area contributed by atoms with Crippen LogP contribution in [0.4, 0.5) is 5.69 Å². The molecule has 0 radical (unpaired) electrons. The molecule has 1 amide bonds. The summed E-state index contributed by atoms with van der Waals surface area (Å²) in [4.78, 5) is 17.3. The Hall–Kier alpha value is -2.44. The maximum Gasteiger partial charge on any atom is 0.264 e. The van der Waals surface area contributed by atoms with Crippen LogP contribution in [0.3, 0.4) is 0 Å². The maximum absolute atomic E-state index is 12.3. The van der Waals surface area contributed by atoms with E-state index in [1.54, 1.807) is 25.3 Å². The third-order valence-corrected chi connectivity index (χ3v) is 5.11. The first-order valence-corrected chi connectivity index (χ1v) is 10.1. The minimum atomic E-state index is -0.197. The van der Waals surface area contributed by atoms with E-state index in [0.29, 0.717) is 33.2 Å². The number of benzene rings is 2. The molecule has 1 aliphatic rings. The first-order valence-electron chi connectivity index (χ1n) is 8.86. The number of amidine groups is 1. The predicted octanol–water partition coefficient (Wildman–Crippen LogP) is 5.34.